The number of rotatable bonds is 5. The van der Waals surface area contributed by atoms with Crippen LogP contribution < -0.4 is 5.32 Å². The molecule has 1 atom stereocenters. The van der Waals surface area contributed by atoms with Crippen LogP contribution in [0.2, 0.25) is 0 Å². The molecule has 0 radical (unpaired) electrons. The Morgan fingerprint density at radius 2 is 1.79 bits per heavy atom. The van der Waals surface area contributed by atoms with Gasteiger partial charge in [0, 0.05) is 30.9 Å². The van der Waals surface area contributed by atoms with Crippen LogP contribution in [0, 0.1) is 0 Å². The van der Waals surface area contributed by atoms with E-state index < -0.39 is 0 Å². The molecule has 168 valence electrons. The van der Waals surface area contributed by atoms with E-state index in [2.05, 4.69) is 39.5 Å². The molecule has 2 amide bonds. The molecular formula is C26H27N5O2. The average Bonchev–Trinajstić information content (AvgIpc) is 3.38. The number of hydrogen-bond donors (Lipinski definition) is 1. The quantitative estimate of drug-likeness (QED) is 0.472. The Kier molecular flexibility index (Phi) is 6.02. The standard InChI is InChI=1S/C26H27N5O2/c1-18(19-7-3-2-4-8-19)17-27-26(32)31-15-13-21(14-16-31)25-29-24(30-33-25)23-12-11-20-9-5-6-10-22(20)28-23/h2-12,18,21H,13-17H2,1H3,(H,27,32). The third kappa shape index (κ3) is 4.72. The van der Waals surface area contributed by atoms with E-state index >= 15 is 0 Å². The summed E-state index contributed by atoms with van der Waals surface area (Å²) >= 11 is 0. The molecule has 1 saturated heterocycles. The zero-order valence-electron chi connectivity index (χ0n) is 18.6. The first-order valence-corrected chi connectivity index (χ1v) is 11.4. The van der Waals surface area contributed by atoms with Gasteiger partial charge in [-0.15, -0.1) is 0 Å². The van der Waals surface area contributed by atoms with Gasteiger partial charge in [0.2, 0.25) is 11.7 Å². The van der Waals surface area contributed by atoms with Gasteiger partial charge in [0.05, 0.1) is 5.52 Å². The fourth-order valence-corrected chi connectivity index (χ4v) is 4.28. The summed E-state index contributed by atoms with van der Waals surface area (Å²) in [4.78, 5) is 23.8. The van der Waals surface area contributed by atoms with Crippen molar-refractivity contribution in [2.24, 2.45) is 0 Å². The minimum atomic E-state index is -0.0113. The molecule has 1 unspecified atom stereocenters. The summed E-state index contributed by atoms with van der Waals surface area (Å²) in [5.74, 6) is 1.55. The third-order valence-electron chi connectivity index (χ3n) is 6.33. The fraction of sp³-hybridized carbons (Fsp3) is 0.308. The van der Waals surface area contributed by atoms with E-state index in [0.29, 0.717) is 37.0 Å². The van der Waals surface area contributed by atoms with Crippen LogP contribution in [0.3, 0.4) is 0 Å². The number of piperidine rings is 1. The number of carbonyl (C=O) groups is 1. The molecule has 4 aromatic rings. The number of fused-ring (bicyclic) bond motifs is 1. The zero-order valence-corrected chi connectivity index (χ0v) is 18.6. The maximum atomic E-state index is 12.6. The summed E-state index contributed by atoms with van der Waals surface area (Å²) < 4.78 is 5.57. The van der Waals surface area contributed by atoms with Crippen molar-refractivity contribution < 1.29 is 9.32 Å². The molecule has 33 heavy (non-hydrogen) atoms. The molecule has 2 aromatic carbocycles. The van der Waals surface area contributed by atoms with E-state index in [1.54, 1.807) is 0 Å². The lowest BCUT2D eigenvalue weighted by Gasteiger charge is -2.30. The van der Waals surface area contributed by atoms with Crippen LogP contribution in [0.4, 0.5) is 4.79 Å². The van der Waals surface area contributed by atoms with Crippen molar-refractivity contribution >= 4 is 16.9 Å². The van der Waals surface area contributed by atoms with Crippen LogP contribution in [0.5, 0.6) is 0 Å². The van der Waals surface area contributed by atoms with Crippen LogP contribution in [-0.4, -0.2) is 45.7 Å². The lowest BCUT2D eigenvalue weighted by Crippen LogP contribution is -2.45. The van der Waals surface area contributed by atoms with Crippen molar-refractivity contribution in [3.63, 3.8) is 0 Å². The number of carbonyl (C=O) groups excluding carboxylic acids is 1. The SMILES string of the molecule is CC(CNC(=O)N1CCC(c2nc(-c3ccc4ccccc4n3)no2)CC1)c1ccccc1. The van der Waals surface area contributed by atoms with Gasteiger partial charge < -0.3 is 14.7 Å². The van der Waals surface area contributed by atoms with E-state index in [1.807, 2.05) is 59.5 Å². The molecule has 1 fully saturated rings. The van der Waals surface area contributed by atoms with E-state index in [0.717, 1.165) is 23.7 Å². The minimum absolute atomic E-state index is 0.0113. The van der Waals surface area contributed by atoms with E-state index in [-0.39, 0.29) is 17.9 Å². The van der Waals surface area contributed by atoms with Crippen molar-refractivity contribution in [1.29, 1.82) is 0 Å². The molecule has 7 nitrogen and oxygen atoms in total. The average molecular weight is 442 g/mol. The Morgan fingerprint density at radius 1 is 1.03 bits per heavy atom. The topological polar surface area (TPSA) is 84.2 Å². The Hall–Kier alpha value is -3.74. The molecule has 1 N–H and O–H groups in total. The molecule has 0 spiro atoms. The lowest BCUT2D eigenvalue weighted by molar-refractivity contribution is 0.175. The Bertz CT molecular complexity index is 1230. The summed E-state index contributed by atoms with van der Waals surface area (Å²) in [5, 5.41) is 8.31. The van der Waals surface area contributed by atoms with Crippen molar-refractivity contribution in [1.82, 2.24) is 25.3 Å². The maximum Gasteiger partial charge on any atom is 0.317 e. The Labute approximate surface area is 192 Å². The van der Waals surface area contributed by atoms with Crippen LogP contribution in [-0.2, 0) is 0 Å². The van der Waals surface area contributed by atoms with Gasteiger partial charge in [-0.1, -0.05) is 66.7 Å². The number of nitrogens with zero attached hydrogens (tertiary/aromatic N) is 4. The smallest absolute Gasteiger partial charge is 0.317 e. The van der Waals surface area contributed by atoms with Crippen molar-refractivity contribution in [2.45, 2.75) is 31.6 Å². The van der Waals surface area contributed by atoms with Crippen LogP contribution in [0.15, 0.2) is 71.3 Å². The van der Waals surface area contributed by atoms with Gasteiger partial charge in [0.15, 0.2) is 0 Å². The largest absolute Gasteiger partial charge is 0.339 e. The number of aromatic nitrogens is 3. The summed E-state index contributed by atoms with van der Waals surface area (Å²) in [7, 11) is 0. The molecule has 0 aliphatic carbocycles. The van der Waals surface area contributed by atoms with Crippen molar-refractivity contribution in [3.8, 4) is 11.5 Å². The van der Waals surface area contributed by atoms with Crippen molar-refractivity contribution in [2.75, 3.05) is 19.6 Å². The number of urea groups is 1. The van der Waals surface area contributed by atoms with Crippen LogP contribution in [0.1, 0.15) is 43.1 Å². The highest BCUT2D eigenvalue weighted by atomic mass is 16.5. The second-order valence-corrected chi connectivity index (χ2v) is 8.60. The molecule has 5 rings (SSSR count). The van der Waals surface area contributed by atoms with E-state index in [9.17, 15) is 4.79 Å². The van der Waals surface area contributed by atoms with Gasteiger partial charge in [-0.2, -0.15) is 4.98 Å². The Balaban J connectivity index is 1.16. The number of nitrogens with one attached hydrogen (secondary N) is 1. The third-order valence-corrected chi connectivity index (χ3v) is 6.33. The first-order chi connectivity index (χ1) is 16.2. The molecule has 2 aromatic heterocycles. The number of para-hydroxylation sites is 1. The highest BCUT2D eigenvalue weighted by molar-refractivity contribution is 5.80. The Morgan fingerprint density at radius 3 is 2.61 bits per heavy atom. The molecule has 1 aliphatic heterocycles. The predicted octanol–water partition coefficient (Wildman–Crippen LogP) is 4.98. The number of pyridine rings is 1. The number of benzene rings is 2. The van der Waals surface area contributed by atoms with Gasteiger partial charge in [-0.3, -0.25) is 0 Å². The van der Waals surface area contributed by atoms with Crippen LogP contribution in [0.25, 0.3) is 22.4 Å². The molecule has 1 aliphatic rings. The highest BCUT2D eigenvalue weighted by Gasteiger charge is 2.28. The van der Waals surface area contributed by atoms with Crippen molar-refractivity contribution in [3.05, 3.63) is 78.2 Å². The maximum absolute atomic E-state index is 12.6. The first kappa shape index (κ1) is 21.1. The second-order valence-electron chi connectivity index (χ2n) is 8.60. The molecule has 0 bridgehead atoms. The van der Waals surface area contributed by atoms with Gasteiger partial charge in [0.1, 0.15) is 5.69 Å². The number of hydrogen-bond acceptors (Lipinski definition) is 5. The molecule has 0 saturated carbocycles. The van der Waals surface area contributed by atoms with Crippen LogP contribution >= 0.6 is 0 Å². The number of amides is 2. The monoisotopic (exact) mass is 441 g/mol. The molecule has 3 heterocycles. The van der Waals surface area contributed by atoms with Gasteiger partial charge in [-0.25, -0.2) is 9.78 Å². The van der Waals surface area contributed by atoms with Gasteiger partial charge >= 0.3 is 6.03 Å². The second kappa shape index (κ2) is 9.40. The minimum Gasteiger partial charge on any atom is -0.339 e. The van der Waals surface area contributed by atoms with E-state index in [4.69, 9.17) is 4.52 Å². The summed E-state index contributed by atoms with van der Waals surface area (Å²) in [6.45, 7) is 4.08. The molecule has 7 heteroatoms. The normalized spacial score (nSPS) is 15.5. The first-order valence-electron chi connectivity index (χ1n) is 11.4. The summed E-state index contributed by atoms with van der Waals surface area (Å²) in [6, 6.07) is 22.1. The predicted molar refractivity (Wildman–Crippen MR) is 127 cm³/mol. The lowest BCUT2D eigenvalue weighted by atomic mass is 9.97. The number of likely N-dealkylation sites (tertiary alicyclic amines) is 1. The van der Waals surface area contributed by atoms with Gasteiger partial charge in [-0.05, 0) is 36.5 Å². The summed E-state index contributed by atoms with van der Waals surface area (Å²) in [6.07, 6.45) is 1.60. The fourth-order valence-electron chi connectivity index (χ4n) is 4.28. The highest BCUT2D eigenvalue weighted by Crippen LogP contribution is 2.28. The molecular weight excluding hydrogens is 414 g/mol. The van der Waals surface area contributed by atoms with Gasteiger partial charge in [0.25, 0.3) is 0 Å². The zero-order chi connectivity index (χ0) is 22.6. The summed E-state index contributed by atoms with van der Waals surface area (Å²) in [5.41, 5.74) is 2.83. The van der Waals surface area contributed by atoms with E-state index in [1.165, 1.54) is 5.56 Å².